The van der Waals surface area contributed by atoms with Crippen LogP contribution in [0.3, 0.4) is 0 Å². The largest absolute Gasteiger partial charge is 0.394 e. The number of nitrogens with one attached hydrogen (secondary N) is 1. The van der Waals surface area contributed by atoms with Gasteiger partial charge in [-0.25, -0.2) is 9.97 Å². The van der Waals surface area contributed by atoms with Gasteiger partial charge < -0.3 is 31.1 Å². The molecule has 0 bridgehead atoms. The number of ether oxygens (including phenoxy) is 1. The number of thioether (sulfide) groups is 1. The SMILES string of the molecule is CCCSc1nc(N)cc(NC2CC(OCCO)C(O)C2O)n1. The Morgan fingerprint density at radius 2 is 2.17 bits per heavy atom. The summed E-state index contributed by atoms with van der Waals surface area (Å²) in [6.07, 6.45) is -1.11. The molecule has 6 N–H and O–H groups in total. The first kappa shape index (κ1) is 18.2. The molecular weight excluding hydrogens is 320 g/mol. The molecular formula is C14H24N4O4S. The molecule has 9 heteroatoms. The lowest BCUT2D eigenvalue weighted by Crippen LogP contribution is -2.36. The van der Waals surface area contributed by atoms with E-state index in [1.54, 1.807) is 6.07 Å². The highest BCUT2D eigenvalue weighted by molar-refractivity contribution is 7.99. The smallest absolute Gasteiger partial charge is 0.191 e. The van der Waals surface area contributed by atoms with Crippen LogP contribution in [0.4, 0.5) is 11.6 Å². The maximum absolute atomic E-state index is 10.1. The average Bonchev–Trinajstić information content (AvgIpc) is 2.78. The maximum Gasteiger partial charge on any atom is 0.191 e. The number of hydrogen-bond donors (Lipinski definition) is 5. The van der Waals surface area contributed by atoms with E-state index in [-0.39, 0.29) is 13.2 Å². The molecule has 0 aliphatic heterocycles. The van der Waals surface area contributed by atoms with Crippen LogP contribution in [0.2, 0.25) is 0 Å². The Hall–Kier alpha value is -1.13. The molecule has 4 unspecified atom stereocenters. The summed E-state index contributed by atoms with van der Waals surface area (Å²) < 4.78 is 5.34. The fourth-order valence-corrected chi connectivity index (χ4v) is 3.19. The second kappa shape index (κ2) is 8.65. The molecule has 130 valence electrons. The van der Waals surface area contributed by atoms with Gasteiger partial charge in [-0.15, -0.1) is 0 Å². The van der Waals surface area contributed by atoms with Gasteiger partial charge in [-0.05, 0) is 12.8 Å². The normalized spacial score (nSPS) is 27.3. The van der Waals surface area contributed by atoms with Crippen molar-refractivity contribution < 1.29 is 20.1 Å². The Kier molecular flexibility index (Phi) is 6.85. The summed E-state index contributed by atoms with van der Waals surface area (Å²) in [5.41, 5.74) is 5.79. The number of rotatable bonds is 8. The van der Waals surface area contributed by atoms with Gasteiger partial charge in [-0.2, -0.15) is 0 Å². The number of nitrogen functional groups attached to an aromatic ring is 1. The molecule has 0 amide bonds. The van der Waals surface area contributed by atoms with Gasteiger partial charge in [-0.1, -0.05) is 18.7 Å². The molecule has 0 spiro atoms. The third kappa shape index (κ3) is 4.92. The summed E-state index contributed by atoms with van der Waals surface area (Å²) in [5, 5.41) is 32.6. The molecule has 1 aromatic heterocycles. The van der Waals surface area contributed by atoms with Crippen LogP contribution in [0.15, 0.2) is 11.2 Å². The lowest BCUT2D eigenvalue weighted by molar-refractivity contribution is -0.0612. The predicted molar refractivity (Wildman–Crippen MR) is 88.3 cm³/mol. The summed E-state index contributed by atoms with van der Waals surface area (Å²) in [7, 11) is 0. The van der Waals surface area contributed by atoms with Crippen molar-refractivity contribution in [3.05, 3.63) is 6.07 Å². The van der Waals surface area contributed by atoms with Crippen LogP contribution in [-0.4, -0.2) is 68.6 Å². The standard InChI is InChI=1S/C14H24N4O4S/c1-2-5-23-14-17-10(15)7-11(18-14)16-8-6-9(22-4-3-19)13(21)12(8)20/h7-9,12-13,19-21H,2-6H2,1H3,(H3,15,16,17,18). The third-order valence-corrected chi connectivity index (χ3v) is 4.60. The second-order valence-electron chi connectivity index (χ2n) is 5.41. The van der Waals surface area contributed by atoms with Crippen molar-refractivity contribution >= 4 is 23.4 Å². The molecule has 1 aliphatic rings. The molecule has 4 atom stereocenters. The van der Waals surface area contributed by atoms with Gasteiger partial charge in [0.15, 0.2) is 5.16 Å². The minimum Gasteiger partial charge on any atom is -0.394 e. The minimum absolute atomic E-state index is 0.124. The second-order valence-corrected chi connectivity index (χ2v) is 6.47. The van der Waals surface area contributed by atoms with Crippen molar-refractivity contribution in [3.8, 4) is 0 Å². The fourth-order valence-electron chi connectivity index (χ4n) is 2.47. The zero-order chi connectivity index (χ0) is 16.8. The number of aromatic nitrogens is 2. The van der Waals surface area contributed by atoms with Crippen LogP contribution in [0.1, 0.15) is 19.8 Å². The van der Waals surface area contributed by atoms with E-state index >= 15 is 0 Å². The van der Waals surface area contributed by atoms with Gasteiger partial charge in [-0.3, -0.25) is 0 Å². The summed E-state index contributed by atoms with van der Waals surface area (Å²) in [4.78, 5) is 8.53. The third-order valence-electron chi connectivity index (χ3n) is 3.55. The fraction of sp³-hybridized carbons (Fsp3) is 0.714. The van der Waals surface area contributed by atoms with Crippen LogP contribution in [0, 0.1) is 0 Å². The van der Waals surface area contributed by atoms with Gasteiger partial charge in [0.1, 0.15) is 23.8 Å². The van der Waals surface area contributed by atoms with Crippen molar-refractivity contribution in [1.82, 2.24) is 9.97 Å². The van der Waals surface area contributed by atoms with E-state index in [0.717, 1.165) is 12.2 Å². The highest BCUT2D eigenvalue weighted by atomic mass is 32.2. The van der Waals surface area contributed by atoms with Crippen molar-refractivity contribution in [2.24, 2.45) is 0 Å². The van der Waals surface area contributed by atoms with Crippen LogP contribution < -0.4 is 11.1 Å². The van der Waals surface area contributed by atoms with Gasteiger partial charge >= 0.3 is 0 Å². The van der Waals surface area contributed by atoms with E-state index in [1.807, 2.05) is 0 Å². The predicted octanol–water partition coefficient (Wildman–Crippen LogP) is -0.156. The molecule has 1 aromatic rings. The highest BCUT2D eigenvalue weighted by Crippen LogP contribution is 2.27. The van der Waals surface area contributed by atoms with Gasteiger partial charge in [0.25, 0.3) is 0 Å². The zero-order valence-corrected chi connectivity index (χ0v) is 13.9. The number of aliphatic hydroxyl groups is 3. The lowest BCUT2D eigenvalue weighted by atomic mass is 10.2. The first-order chi connectivity index (χ1) is 11.0. The molecule has 1 aliphatic carbocycles. The molecule has 2 rings (SSSR count). The highest BCUT2D eigenvalue weighted by Gasteiger charge is 2.42. The quantitative estimate of drug-likeness (QED) is 0.322. The molecule has 23 heavy (non-hydrogen) atoms. The van der Waals surface area contributed by atoms with E-state index in [0.29, 0.717) is 23.2 Å². The molecule has 0 saturated heterocycles. The number of hydrogen-bond acceptors (Lipinski definition) is 9. The van der Waals surface area contributed by atoms with E-state index < -0.39 is 24.4 Å². The summed E-state index contributed by atoms with van der Waals surface area (Å²) in [5.74, 6) is 1.75. The summed E-state index contributed by atoms with van der Waals surface area (Å²) in [6, 6.07) is 1.18. The van der Waals surface area contributed by atoms with E-state index in [4.69, 9.17) is 15.6 Å². The van der Waals surface area contributed by atoms with Gasteiger partial charge in [0.05, 0.1) is 25.4 Å². The Morgan fingerprint density at radius 3 is 2.87 bits per heavy atom. The summed E-state index contributed by atoms with van der Waals surface area (Å²) in [6.45, 7) is 2.07. The monoisotopic (exact) mass is 344 g/mol. The lowest BCUT2D eigenvalue weighted by Gasteiger charge is -2.18. The van der Waals surface area contributed by atoms with Crippen molar-refractivity contribution in [2.75, 3.05) is 30.0 Å². The minimum atomic E-state index is -1.01. The van der Waals surface area contributed by atoms with Crippen LogP contribution in [0.5, 0.6) is 0 Å². The zero-order valence-electron chi connectivity index (χ0n) is 13.1. The molecule has 1 fully saturated rings. The van der Waals surface area contributed by atoms with Crippen LogP contribution in [-0.2, 0) is 4.74 Å². The van der Waals surface area contributed by atoms with Gasteiger partial charge in [0.2, 0.25) is 0 Å². The van der Waals surface area contributed by atoms with Gasteiger partial charge in [0, 0.05) is 11.8 Å². The molecule has 1 heterocycles. The van der Waals surface area contributed by atoms with Crippen LogP contribution in [0.25, 0.3) is 0 Å². The first-order valence-corrected chi connectivity index (χ1v) is 8.66. The van der Waals surface area contributed by atoms with Crippen molar-refractivity contribution in [3.63, 3.8) is 0 Å². The Balaban J connectivity index is 2.02. The number of nitrogens with zero attached hydrogens (tertiary/aromatic N) is 2. The Labute approximate surface area is 139 Å². The van der Waals surface area contributed by atoms with E-state index in [2.05, 4.69) is 22.2 Å². The van der Waals surface area contributed by atoms with E-state index in [1.165, 1.54) is 11.8 Å². The van der Waals surface area contributed by atoms with E-state index in [9.17, 15) is 10.2 Å². The first-order valence-electron chi connectivity index (χ1n) is 7.67. The topological polar surface area (TPSA) is 134 Å². The number of nitrogens with two attached hydrogens (primary N) is 1. The molecule has 0 radical (unpaired) electrons. The Morgan fingerprint density at radius 1 is 1.39 bits per heavy atom. The van der Waals surface area contributed by atoms with Crippen molar-refractivity contribution in [1.29, 1.82) is 0 Å². The number of aliphatic hydroxyl groups excluding tert-OH is 3. The molecule has 0 aromatic carbocycles. The number of anilines is 2. The maximum atomic E-state index is 10.1. The molecule has 8 nitrogen and oxygen atoms in total. The Bertz CT molecular complexity index is 508. The molecule has 1 saturated carbocycles. The summed E-state index contributed by atoms with van der Waals surface area (Å²) >= 11 is 1.51. The average molecular weight is 344 g/mol. The van der Waals surface area contributed by atoms with Crippen molar-refractivity contribution in [2.45, 2.75) is 49.3 Å². The van der Waals surface area contributed by atoms with Crippen LogP contribution >= 0.6 is 11.8 Å².